The van der Waals surface area contributed by atoms with Gasteiger partial charge in [-0.1, -0.05) is 18.7 Å². The number of nitrogens with one attached hydrogen (secondary N) is 1. The number of likely N-dealkylation sites (tertiary alicyclic amines) is 1. The van der Waals surface area contributed by atoms with Crippen molar-refractivity contribution in [2.75, 3.05) is 25.4 Å². The second-order valence-corrected chi connectivity index (χ2v) is 6.85. The number of rotatable bonds is 6. The van der Waals surface area contributed by atoms with Crippen LogP contribution in [0.15, 0.2) is 11.2 Å². The van der Waals surface area contributed by atoms with E-state index in [-0.39, 0.29) is 5.91 Å². The standard InChI is InChI=1S/C16H26N4OS/c1-4-7-20-8-5-14(6-9-20)19-15(21)11-22-16-17-12(2)10-13(3)18-16/h10,14H,4-9,11H2,1-3H3,(H,19,21). The molecule has 6 heteroatoms. The summed E-state index contributed by atoms with van der Waals surface area (Å²) in [7, 11) is 0. The zero-order chi connectivity index (χ0) is 15.9. The number of thioether (sulfide) groups is 1. The Labute approximate surface area is 137 Å². The lowest BCUT2D eigenvalue weighted by Gasteiger charge is -2.32. The summed E-state index contributed by atoms with van der Waals surface area (Å²) in [6.45, 7) is 9.45. The lowest BCUT2D eigenvalue weighted by molar-refractivity contribution is -0.119. The van der Waals surface area contributed by atoms with Crippen molar-refractivity contribution in [2.24, 2.45) is 0 Å². The molecule has 0 aliphatic carbocycles. The van der Waals surface area contributed by atoms with Gasteiger partial charge < -0.3 is 10.2 Å². The summed E-state index contributed by atoms with van der Waals surface area (Å²) in [5.41, 5.74) is 1.89. The van der Waals surface area contributed by atoms with Crippen molar-refractivity contribution < 1.29 is 4.79 Å². The van der Waals surface area contributed by atoms with Gasteiger partial charge in [-0.15, -0.1) is 0 Å². The lowest BCUT2D eigenvalue weighted by Crippen LogP contribution is -2.45. The maximum Gasteiger partial charge on any atom is 0.230 e. The molecule has 0 aromatic carbocycles. The van der Waals surface area contributed by atoms with Crippen molar-refractivity contribution in [3.63, 3.8) is 0 Å². The van der Waals surface area contributed by atoms with Gasteiger partial charge in [0.05, 0.1) is 5.75 Å². The molecule has 0 saturated carbocycles. The summed E-state index contributed by atoms with van der Waals surface area (Å²) >= 11 is 1.41. The molecule has 1 aliphatic rings. The highest BCUT2D eigenvalue weighted by Gasteiger charge is 2.20. The summed E-state index contributed by atoms with van der Waals surface area (Å²) < 4.78 is 0. The maximum atomic E-state index is 12.1. The first-order valence-electron chi connectivity index (χ1n) is 8.03. The molecule has 2 heterocycles. The largest absolute Gasteiger partial charge is 0.353 e. The van der Waals surface area contributed by atoms with Crippen molar-refractivity contribution in [2.45, 2.75) is 51.2 Å². The third kappa shape index (κ3) is 5.57. The Bertz CT molecular complexity index is 481. The highest BCUT2D eigenvalue weighted by molar-refractivity contribution is 7.99. The van der Waals surface area contributed by atoms with E-state index in [4.69, 9.17) is 0 Å². The van der Waals surface area contributed by atoms with E-state index in [1.165, 1.54) is 24.7 Å². The zero-order valence-corrected chi connectivity index (χ0v) is 14.6. The van der Waals surface area contributed by atoms with Crippen LogP contribution in [0.2, 0.25) is 0 Å². The number of amides is 1. The van der Waals surface area contributed by atoms with Gasteiger partial charge >= 0.3 is 0 Å². The lowest BCUT2D eigenvalue weighted by atomic mass is 10.1. The van der Waals surface area contributed by atoms with E-state index < -0.39 is 0 Å². The molecule has 1 aliphatic heterocycles. The molecule has 1 N–H and O–H groups in total. The van der Waals surface area contributed by atoms with Crippen molar-refractivity contribution in [3.8, 4) is 0 Å². The summed E-state index contributed by atoms with van der Waals surface area (Å²) in [6.07, 6.45) is 3.30. The van der Waals surface area contributed by atoms with Gasteiger partial charge in [0.25, 0.3) is 0 Å². The first-order chi connectivity index (χ1) is 10.6. The molecular weight excluding hydrogens is 296 g/mol. The fraction of sp³-hybridized carbons (Fsp3) is 0.688. The zero-order valence-electron chi connectivity index (χ0n) is 13.8. The quantitative estimate of drug-likeness (QED) is 0.642. The highest BCUT2D eigenvalue weighted by atomic mass is 32.2. The Balaban J connectivity index is 1.72. The van der Waals surface area contributed by atoms with Crippen molar-refractivity contribution in [1.82, 2.24) is 20.2 Å². The average Bonchev–Trinajstić information content (AvgIpc) is 2.47. The van der Waals surface area contributed by atoms with Gasteiger partial charge in [0, 0.05) is 30.5 Å². The predicted octanol–water partition coefficient (Wildman–Crippen LogP) is 2.18. The van der Waals surface area contributed by atoms with Gasteiger partial charge in [0.1, 0.15) is 0 Å². The second-order valence-electron chi connectivity index (χ2n) is 5.91. The molecule has 1 fully saturated rings. The molecule has 0 unspecified atom stereocenters. The number of carbonyl (C=O) groups excluding carboxylic acids is 1. The van der Waals surface area contributed by atoms with Crippen LogP contribution in [-0.4, -0.2) is 52.2 Å². The van der Waals surface area contributed by atoms with Crippen LogP contribution in [-0.2, 0) is 4.79 Å². The molecule has 0 radical (unpaired) electrons. The smallest absolute Gasteiger partial charge is 0.230 e. The van der Waals surface area contributed by atoms with Crippen molar-refractivity contribution in [3.05, 3.63) is 17.5 Å². The molecule has 0 spiro atoms. The van der Waals surface area contributed by atoms with Crippen LogP contribution >= 0.6 is 11.8 Å². The monoisotopic (exact) mass is 322 g/mol. The summed E-state index contributed by atoms with van der Waals surface area (Å²) in [5, 5.41) is 3.82. The number of hydrogen-bond donors (Lipinski definition) is 1. The molecular formula is C16H26N4OS. The van der Waals surface area contributed by atoms with Gasteiger partial charge in [-0.25, -0.2) is 9.97 Å². The molecule has 1 aromatic rings. The Morgan fingerprint density at radius 1 is 1.32 bits per heavy atom. The van der Waals surface area contributed by atoms with Gasteiger partial charge in [-0.2, -0.15) is 0 Å². The minimum absolute atomic E-state index is 0.0849. The van der Waals surface area contributed by atoms with E-state index in [1.54, 1.807) is 0 Å². The predicted molar refractivity (Wildman–Crippen MR) is 90.1 cm³/mol. The van der Waals surface area contributed by atoms with Gasteiger partial charge in [0.2, 0.25) is 5.91 Å². The molecule has 1 saturated heterocycles. The van der Waals surface area contributed by atoms with E-state index in [0.717, 1.165) is 37.3 Å². The number of carbonyl (C=O) groups is 1. The van der Waals surface area contributed by atoms with Gasteiger partial charge in [0.15, 0.2) is 5.16 Å². The Morgan fingerprint density at radius 3 is 2.55 bits per heavy atom. The van der Waals surface area contributed by atoms with Crippen molar-refractivity contribution >= 4 is 17.7 Å². The van der Waals surface area contributed by atoms with E-state index in [1.807, 2.05) is 19.9 Å². The summed E-state index contributed by atoms with van der Waals surface area (Å²) in [6, 6.07) is 2.26. The van der Waals surface area contributed by atoms with E-state index in [0.29, 0.717) is 17.0 Å². The summed E-state index contributed by atoms with van der Waals surface area (Å²) in [4.78, 5) is 23.2. The first kappa shape index (κ1) is 17.2. The molecule has 5 nitrogen and oxygen atoms in total. The number of aromatic nitrogens is 2. The average molecular weight is 322 g/mol. The molecule has 122 valence electrons. The van der Waals surface area contributed by atoms with Crippen LogP contribution < -0.4 is 5.32 Å². The minimum Gasteiger partial charge on any atom is -0.353 e. The Kier molecular flexibility index (Phi) is 6.64. The fourth-order valence-electron chi connectivity index (χ4n) is 2.77. The van der Waals surface area contributed by atoms with E-state index in [9.17, 15) is 4.79 Å². The maximum absolute atomic E-state index is 12.1. The van der Waals surface area contributed by atoms with E-state index in [2.05, 4.69) is 27.1 Å². The number of piperidine rings is 1. The fourth-order valence-corrected chi connectivity index (χ4v) is 3.54. The topological polar surface area (TPSA) is 58.1 Å². The number of hydrogen-bond acceptors (Lipinski definition) is 5. The molecule has 1 amide bonds. The molecule has 1 aromatic heterocycles. The van der Waals surface area contributed by atoms with Gasteiger partial charge in [-0.3, -0.25) is 4.79 Å². The van der Waals surface area contributed by atoms with Crippen LogP contribution in [0.25, 0.3) is 0 Å². The third-order valence-electron chi connectivity index (χ3n) is 3.79. The Morgan fingerprint density at radius 2 is 1.95 bits per heavy atom. The van der Waals surface area contributed by atoms with Gasteiger partial charge in [-0.05, 0) is 45.7 Å². The molecule has 0 atom stereocenters. The molecule has 2 rings (SSSR count). The van der Waals surface area contributed by atoms with E-state index >= 15 is 0 Å². The van der Waals surface area contributed by atoms with Crippen LogP contribution in [0.4, 0.5) is 0 Å². The van der Waals surface area contributed by atoms with Crippen LogP contribution in [0.5, 0.6) is 0 Å². The summed E-state index contributed by atoms with van der Waals surface area (Å²) in [5.74, 6) is 0.472. The molecule has 0 bridgehead atoms. The second kappa shape index (κ2) is 8.48. The van der Waals surface area contributed by atoms with Crippen LogP contribution in [0, 0.1) is 13.8 Å². The van der Waals surface area contributed by atoms with Crippen molar-refractivity contribution in [1.29, 1.82) is 0 Å². The third-order valence-corrected chi connectivity index (χ3v) is 4.63. The van der Waals surface area contributed by atoms with Crippen LogP contribution in [0.1, 0.15) is 37.6 Å². The Hall–Kier alpha value is -1.14. The first-order valence-corrected chi connectivity index (χ1v) is 9.02. The normalized spacial score (nSPS) is 16.7. The minimum atomic E-state index is 0.0849. The SMILES string of the molecule is CCCN1CCC(NC(=O)CSc2nc(C)cc(C)n2)CC1. The number of nitrogens with zero attached hydrogens (tertiary/aromatic N) is 3. The van der Waals surface area contributed by atoms with Crippen LogP contribution in [0.3, 0.4) is 0 Å². The number of aryl methyl sites for hydroxylation is 2. The molecule has 22 heavy (non-hydrogen) atoms. The highest BCUT2D eigenvalue weighted by Crippen LogP contribution is 2.15.